The monoisotopic (exact) mass is 290 g/mol. The molecule has 1 aliphatic heterocycles. The summed E-state index contributed by atoms with van der Waals surface area (Å²) in [6, 6.07) is 4.32. The molecule has 4 nitrogen and oxygen atoms in total. The average molecular weight is 290 g/mol. The molecule has 21 heavy (non-hydrogen) atoms. The fraction of sp³-hybridized carbons (Fsp3) is 0.706. The third-order valence-electron chi connectivity index (χ3n) is 4.03. The number of anilines is 1. The maximum atomic E-state index is 4.59. The molecule has 118 valence electrons. The number of likely N-dealkylation sites (N-methyl/N-ethyl adjacent to an activating group) is 1. The van der Waals surface area contributed by atoms with Gasteiger partial charge in [-0.1, -0.05) is 19.9 Å². The number of rotatable bonds is 8. The Kier molecular flexibility index (Phi) is 6.46. The Morgan fingerprint density at radius 2 is 2.05 bits per heavy atom. The first kappa shape index (κ1) is 16.2. The second kappa shape index (κ2) is 8.35. The van der Waals surface area contributed by atoms with E-state index in [2.05, 4.69) is 53.1 Å². The van der Waals surface area contributed by atoms with Gasteiger partial charge < -0.3 is 15.1 Å². The van der Waals surface area contributed by atoms with Crippen LogP contribution in [-0.4, -0.2) is 49.7 Å². The molecule has 1 saturated heterocycles. The highest BCUT2D eigenvalue weighted by Gasteiger charge is 2.12. The lowest BCUT2D eigenvalue weighted by molar-refractivity contribution is 0.346. The van der Waals surface area contributed by atoms with Gasteiger partial charge in [-0.05, 0) is 50.0 Å². The van der Waals surface area contributed by atoms with E-state index in [0.29, 0.717) is 5.92 Å². The van der Waals surface area contributed by atoms with E-state index in [9.17, 15) is 0 Å². The standard InChI is InChI=1S/C17H30N4/c1-15(2)12-18-13-16-6-7-17(19-14-16)20(3)10-11-21-8-4-5-9-21/h6-7,14-15,18H,4-5,8-13H2,1-3H3. The summed E-state index contributed by atoms with van der Waals surface area (Å²) in [5.41, 5.74) is 1.26. The molecule has 2 heterocycles. The molecule has 0 atom stereocenters. The normalized spacial score (nSPS) is 15.8. The maximum Gasteiger partial charge on any atom is 0.128 e. The van der Waals surface area contributed by atoms with Crippen molar-refractivity contribution >= 4 is 5.82 Å². The van der Waals surface area contributed by atoms with Crippen LogP contribution in [-0.2, 0) is 6.54 Å². The van der Waals surface area contributed by atoms with E-state index in [0.717, 1.165) is 32.0 Å². The Labute approximate surface area is 129 Å². The van der Waals surface area contributed by atoms with Crippen LogP contribution < -0.4 is 10.2 Å². The molecule has 0 amide bonds. The van der Waals surface area contributed by atoms with Crippen molar-refractivity contribution in [2.24, 2.45) is 5.92 Å². The minimum absolute atomic E-state index is 0.689. The van der Waals surface area contributed by atoms with Crippen LogP contribution in [0.2, 0.25) is 0 Å². The number of hydrogen-bond acceptors (Lipinski definition) is 4. The van der Waals surface area contributed by atoms with Gasteiger partial charge in [0, 0.05) is 32.9 Å². The zero-order valence-electron chi connectivity index (χ0n) is 13.8. The topological polar surface area (TPSA) is 31.4 Å². The highest BCUT2D eigenvalue weighted by Crippen LogP contribution is 2.11. The Balaban J connectivity index is 1.74. The van der Waals surface area contributed by atoms with E-state index < -0.39 is 0 Å². The lowest BCUT2D eigenvalue weighted by Crippen LogP contribution is -2.31. The molecule has 1 N–H and O–H groups in total. The minimum Gasteiger partial charge on any atom is -0.358 e. The molecular formula is C17H30N4. The van der Waals surface area contributed by atoms with Crippen LogP contribution in [0.15, 0.2) is 18.3 Å². The fourth-order valence-electron chi connectivity index (χ4n) is 2.66. The summed E-state index contributed by atoms with van der Waals surface area (Å²) in [6.45, 7) is 11.1. The van der Waals surface area contributed by atoms with Crippen molar-refractivity contribution in [3.8, 4) is 0 Å². The molecule has 0 saturated carbocycles. The lowest BCUT2D eigenvalue weighted by atomic mass is 10.2. The van der Waals surface area contributed by atoms with E-state index in [1.54, 1.807) is 0 Å². The van der Waals surface area contributed by atoms with Gasteiger partial charge in [0.1, 0.15) is 5.82 Å². The van der Waals surface area contributed by atoms with Gasteiger partial charge in [-0.3, -0.25) is 0 Å². The summed E-state index contributed by atoms with van der Waals surface area (Å²) in [5, 5.41) is 3.45. The first-order valence-electron chi connectivity index (χ1n) is 8.24. The van der Waals surface area contributed by atoms with Crippen LogP contribution in [0, 0.1) is 5.92 Å². The number of nitrogens with one attached hydrogen (secondary N) is 1. The van der Waals surface area contributed by atoms with Gasteiger partial charge in [-0.2, -0.15) is 0 Å². The minimum atomic E-state index is 0.689. The second-order valence-electron chi connectivity index (χ2n) is 6.52. The number of aromatic nitrogens is 1. The molecule has 0 radical (unpaired) electrons. The molecule has 1 aromatic rings. The summed E-state index contributed by atoms with van der Waals surface area (Å²) >= 11 is 0. The van der Waals surface area contributed by atoms with Crippen molar-refractivity contribution < 1.29 is 0 Å². The maximum absolute atomic E-state index is 4.59. The fourth-order valence-corrected chi connectivity index (χ4v) is 2.66. The van der Waals surface area contributed by atoms with Gasteiger partial charge >= 0.3 is 0 Å². The van der Waals surface area contributed by atoms with E-state index in [-0.39, 0.29) is 0 Å². The lowest BCUT2D eigenvalue weighted by Gasteiger charge is -2.22. The van der Waals surface area contributed by atoms with Crippen LogP contribution in [0.5, 0.6) is 0 Å². The number of likely N-dealkylation sites (tertiary alicyclic amines) is 1. The van der Waals surface area contributed by atoms with E-state index >= 15 is 0 Å². The third-order valence-corrected chi connectivity index (χ3v) is 4.03. The average Bonchev–Trinajstić information content (AvgIpc) is 2.98. The van der Waals surface area contributed by atoms with Crippen molar-refractivity contribution in [3.05, 3.63) is 23.9 Å². The van der Waals surface area contributed by atoms with Crippen LogP contribution in [0.4, 0.5) is 5.82 Å². The second-order valence-corrected chi connectivity index (χ2v) is 6.52. The smallest absolute Gasteiger partial charge is 0.128 e. The first-order chi connectivity index (χ1) is 10.1. The van der Waals surface area contributed by atoms with Crippen molar-refractivity contribution in [1.29, 1.82) is 0 Å². The van der Waals surface area contributed by atoms with E-state index in [4.69, 9.17) is 0 Å². The molecule has 2 rings (SSSR count). The molecule has 0 aromatic carbocycles. The van der Waals surface area contributed by atoms with Crippen molar-refractivity contribution in [3.63, 3.8) is 0 Å². The van der Waals surface area contributed by atoms with Crippen molar-refractivity contribution in [2.45, 2.75) is 33.2 Å². The molecule has 1 aromatic heterocycles. The van der Waals surface area contributed by atoms with Gasteiger partial charge in [0.2, 0.25) is 0 Å². The quantitative estimate of drug-likeness (QED) is 0.796. The Morgan fingerprint density at radius 3 is 2.67 bits per heavy atom. The summed E-state index contributed by atoms with van der Waals surface area (Å²) < 4.78 is 0. The Hall–Kier alpha value is -1.13. The molecule has 1 aliphatic rings. The molecule has 0 bridgehead atoms. The summed E-state index contributed by atoms with van der Waals surface area (Å²) in [6.07, 6.45) is 4.72. The number of nitrogens with zero attached hydrogens (tertiary/aromatic N) is 3. The van der Waals surface area contributed by atoms with Gasteiger partial charge in [0.15, 0.2) is 0 Å². The Morgan fingerprint density at radius 1 is 1.29 bits per heavy atom. The van der Waals surface area contributed by atoms with Crippen molar-refractivity contribution in [1.82, 2.24) is 15.2 Å². The van der Waals surface area contributed by atoms with Gasteiger partial charge in [-0.25, -0.2) is 4.98 Å². The van der Waals surface area contributed by atoms with Crippen LogP contribution >= 0.6 is 0 Å². The number of hydrogen-bond donors (Lipinski definition) is 1. The molecule has 0 aliphatic carbocycles. The summed E-state index contributed by atoms with van der Waals surface area (Å²) in [5.74, 6) is 1.76. The van der Waals surface area contributed by atoms with Crippen LogP contribution in [0.1, 0.15) is 32.3 Å². The van der Waals surface area contributed by atoms with E-state index in [1.165, 1.54) is 31.5 Å². The SMILES string of the molecule is CC(C)CNCc1ccc(N(C)CCN2CCCC2)nc1. The molecule has 4 heteroatoms. The largest absolute Gasteiger partial charge is 0.358 e. The predicted molar refractivity (Wildman–Crippen MR) is 89.7 cm³/mol. The highest BCUT2D eigenvalue weighted by molar-refractivity contribution is 5.38. The van der Waals surface area contributed by atoms with Gasteiger partial charge in [0.05, 0.1) is 0 Å². The first-order valence-corrected chi connectivity index (χ1v) is 8.24. The predicted octanol–water partition coefficient (Wildman–Crippen LogP) is 2.36. The molecule has 1 fully saturated rings. The Bertz CT molecular complexity index is 396. The molecule has 0 spiro atoms. The highest BCUT2D eigenvalue weighted by atomic mass is 15.2. The van der Waals surface area contributed by atoms with Gasteiger partial charge in [-0.15, -0.1) is 0 Å². The molecular weight excluding hydrogens is 260 g/mol. The van der Waals surface area contributed by atoms with Crippen molar-refractivity contribution in [2.75, 3.05) is 44.7 Å². The zero-order valence-corrected chi connectivity index (χ0v) is 13.8. The molecule has 0 unspecified atom stereocenters. The van der Waals surface area contributed by atoms with Gasteiger partial charge in [0.25, 0.3) is 0 Å². The van der Waals surface area contributed by atoms with Crippen LogP contribution in [0.3, 0.4) is 0 Å². The van der Waals surface area contributed by atoms with Crippen LogP contribution in [0.25, 0.3) is 0 Å². The third kappa shape index (κ3) is 5.64. The number of pyridine rings is 1. The summed E-state index contributed by atoms with van der Waals surface area (Å²) in [7, 11) is 2.13. The summed E-state index contributed by atoms with van der Waals surface area (Å²) in [4.78, 5) is 9.38. The van der Waals surface area contributed by atoms with E-state index in [1.807, 2.05) is 6.20 Å². The zero-order chi connectivity index (χ0) is 15.1.